The Kier molecular flexibility index (Phi) is 5.46. The van der Waals surface area contributed by atoms with Crippen molar-refractivity contribution < 1.29 is 13.9 Å². The molecule has 0 amide bonds. The topological polar surface area (TPSA) is 58.0 Å². The molecule has 2 N–H and O–H groups in total. The van der Waals surface area contributed by atoms with E-state index in [1.165, 1.54) is 17.8 Å². The van der Waals surface area contributed by atoms with Gasteiger partial charge in [-0.1, -0.05) is 42.1 Å². The molecule has 1 aromatic heterocycles. The lowest BCUT2D eigenvalue weighted by atomic mass is 10.1. The first-order valence-corrected chi connectivity index (χ1v) is 7.50. The Morgan fingerprint density at radius 3 is 2.52 bits per heavy atom. The van der Waals surface area contributed by atoms with Gasteiger partial charge in [-0.2, -0.15) is 0 Å². The average molecular weight is 311 g/mol. The summed E-state index contributed by atoms with van der Waals surface area (Å²) in [5.74, 6) is 0.271. The molecule has 0 bridgehead atoms. The maximum Gasteiger partial charge on any atom is 0.280 e. The highest BCUT2D eigenvalue weighted by Gasteiger charge is 2.16. The van der Waals surface area contributed by atoms with Gasteiger partial charge in [0.25, 0.3) is 6.43 Å². The van der Waals surface area contributed by atoms with E-state index in [9.17, 15) is 13.9 Å². The van der Waals surface area contributed by atoms with E-state index in [-0.39, 0.29) is 23.3 Å². The van der Waals surface area contributed by atoms with Gasteiger partial charge in [-0.05, 0) is 11.8 Å². The van der Waals surface area contributed by atoms with Gasteiger partial charge in [0.15, 0.2) is 5.16 Å². The van der Waals surface area contributed by atoms with Crippen molar-refractivity contribution >= 4 is 17.6 Å². The quantitative estimate of drug-likeness (QED) is 0.633. The standard InChI is InChI=1S/C14H15F2N3OS/c1-21-14-18-10(13(15)16)7-12(19-14)17-11(8-20)9-5-3-2-4-6-9/h2-7,11,13,20H,8H2,1H3,(H,17,18,19). The van der Waals surface area contributed by atoms with Crippen molar-refractivity contribution in [2.24, 2.45) is 0 Å². The number of rotatable bonds is 6. The highest BCUT2D eigenvalue weighted by Crippen LogP contribution is 2.24. The van der Waals surface area contributed by atoms with E-state index in [1.807, 2.05) is 30.3 Å². The molecule has 0 saturated carbocycles. The maximum absolute atomic E-state index is 12.8. The number of thioether (sulfide) groups is 1. The van der Waals surface area contributed by atoms with Crippen LogP contribution in [0.4, 0.5) is 14.6 Å². The largest absolute Gasteiger partial charge is 0.394 e. The first-order chi connectivity index (χ1) is 10.1. The van der Waals surface area contributed by atoms with Crippen LogP contribution in [-0.2, 0) is 0 Å². The van der Waals surface area contributed by atoms with Gasteiger partial charge >= 0.3 is 0 Å². The third-order valence-electron chi connectivity index (χ3n) is 2.84. The van der Waals surface area contributed by atoms with Crippen molar-refractivity contribution in [2.45, 2.75) is 17.6 Å². The molecule has 7 heteroatoms. The number of alkyl halides is 2. The molecule has 4 nitrogen and oxygen atoms in total. The normalized spacial score (nSPS) is 12.4. The lowest BCUT2D eigenvalue weighted by molar-refractivity contribution is 0.145. The molecule has 1 aromatic carbocycles. The van der Waals surface area contributed by atoms with Gasteiger partial charge in [-0.3, -0.25) is 0 Å². The van der Waals surface area contributed by atoms with Gasteiger partial charge < -0.3 is 10.4 Å². The maximum atomic E-state index is 12.8. The summed E-state index contributed by atoms with van der Waals surface area (Å²) >= 11 is 1.19. The van der Waals surface area contributed by atoms with Crippen molar-refractivity contribution in [1.82, 2.24) is 9.97 Å². The molecule has 2 rings (SSSR count). The van der Waals surface area contributed by atoms with Crippen LogP contribution in [-0.4, -0.2) is 27.9 Å². The fraction of sp³-hybridized carbons (Fsp3) is 0.286. The summed E-state index contributed by atoms with van der Waals surface area (Å²) in [5.41, 5.74) is 0.518. The number of aliphatic hydroxyl groups is 1. The zero-order valence-corrected chi connectivity index (χ0v) is 12.1. The Morgan fingerprint density at radius 1 is 1.24 bits per heavy atom. The van der Waals surface area contributed by atoms with E-state index in [4.69, 9.17) is 0 Å². The molecule has 0 fully saturated rings. The number of anilines is 1. The summed E-state index contributed by atoms with van der Waals surface area (Å²) in [6.45, 7) is -0.174. The SMILES string of the molecule is CSc1nc(NC(CO)c2ccccc2)cc(C(F)F)n1. The van der Waals surface area contributed by atoms with Crippen LogP contribution < -0.4 is 5.32 Å². The van der Waals surface area contributed by atoms with Crippen molar-refractivity contribution in [3.05, 3.63) is 47.7 Å². The Labute approximate surface area is 125 Å². The van der Waals surface area contributed by atoms with E-state index in [0.29, 0.717) is 0 Å². The molecule has 21 heavy (non-hydrogen) atoms. The average Bonchev–Trinajstić information content (AvgIpc) is 2.53. The predicted molar refractivity (Wildman–Crippen MR) is 78.7 cm³/mol. The minimum Gasteiger partial charge on any atom is -0.394 e. The molecular weight excluding hydrogens is 296 g/mol. The number of aliphatic hydroxyl groups excluding tert-OH is 1. The third-order valence-corrected chi connectivity index (χ3v) is 3.39. The van der Waals surface area contributed by atoms with Crippen LogP contribution in [0.2, 0.25) is 0 Å². The Bertz CT molecular complexity index is 584. The lowest BCUT2D eigenvalue weighted by Crippen LogP contribution is -2.16. The van der Waals surface area contributed by atoms with Gasteiger partial charge in [-0.15, -0.1) is 0 Å². The second-order valence-corrected chi connectivity index (χ2v) is 5.03. The zero-order valence-electron chi connectivity index (χ0n) is 11.3. The lowest BCUT2D eigenvalue weighted by Gasteiger charge is -2.18. The molecule has 1 heterocycles. The third kappa shape index (κ3) is 4.12. The second kappa shape index (κ2) is 7.33. The minimum atomic E-state index is -2.66. The molecule has 1 atom stereocenters. The molecule has 2 aromatic rings. The Balaban J connectivity index is 2.27. The summed E-state index contributed by atoms with van der Waals surface area (Å²) in [7, 11) is 0. The zero-order chi connectivity index (χ0) is 15.2. The monoisotopic (exact) mass is 311 g/mol. The molecule has 1 unspecified atom stereocenters. The summed E-state index contributed by atoms with van der Waals surface area (Å²) in [4.78, 5) is 7.90. The van der Waals surface area contributed by atoms with Gasteiger partial charge in [-0.25, -0.2) is 18.7 Å². The number of nitrogens with one attached hydrogen (secondary N) is 1. The second-order valence-electron chi connectivity index (χ2n) is 4.26. The summed E-state index contributed by atoms with van der Waals surface area (Å²) in [6, 6.07) is 10.0. The molecule has 112 valence electrons. The summed E-state index contributed by atoms with van der Waals surface area (Å²) < 4.78 is 25.7. The van der Waals surface area contributed by atoms with E-state index in [1.54, 1.807) is 6.26 Å². The van der Waals surface area contributed by atoms with Crippen molar-refractivity contribution in [3.8, 4) is 0 Å². The first-order valence-electron chi connectivity index (χ1n) is 6.27. The fourth-order valence-corrected chi connectivity index (χ4v) is 2.20. The summed E-state index contributed by atoms with van der Waals surface area (Å²) in [6.07, 6.45) is -0.946. The van der Waals surface area contributed by atoms with E-state index >= 15 is 0 Å². The molecular formula is C14H15F2N3OS. The van der Waals surface area contributed by atoms with Crippen molar-refractivity contribution in [2.75, 3.05) is 18.2 Å². The number of hydrogen-bond acceptors (Lipinski definition) is 5. The van der Waals surface area contributed by atoms with E-state index in [0.717, 1.165) is 5.56 Å². The predicted octanol–water partition coefficient (Wildman–Crippen LogP) is 3.28. The van der Waals surface area contributed by atoms with E-state index in [2.05, 4.69) is 15.3 Å². The molecule has 0 aliphatic heterocycles. The minimum absolute atomic E-state index is 0.174. The van der Waals surface area contributed by atoms with Crippen LogP contribution in [0.15, 0.2) is 41.6 Å². The fourth-order valence-electron chi connectivity index (χ4n) is 1.82. The van der Waals surface area contributed by atoms with Gasteiger partial charge in [0, 0.05) is 6.07 Å². The Hall–Kier alpha value is -1.73. The highest BCUT2D eigenvalue weighted by molar-refractivity contribution is 7.98. The number of benzene rings is 1. The molecule has 0 aliphatic carbocycles. The van der Waals surface area contributed by atoms with Crippen molar-refractivity contribution in [1.29, 1.82) is 0 Å². The van der Waals surface area contributed by atoms with Crippen LogP contribution in [0, 0.1) is 0 Å². The smallest absolute Gasteiger partial charge is 0.280 e. The Morgan fingerprint density at radius 2 is 1.95 bits per heavy atom. The molecule has 0 spiro atoms. The van der Waals surface area contributed by atoms with Gasteiger partial charge in [0.2, 0.25) is 0 Å². The van der Waals surface area contributed by atoms with Crippen molar-refractivity contribution in [3.63, 3.8) is 0 Å². The molecule has 0 aliphatic rings. The van der Waals surface area contributed by atoms with Crippen LogP contribution >= 0.6 is 11.8 Å². The van der Waals surface area contributed by atoms with Crippen LogP contribution in [0.1, 0.15) is 23.7 Å². The van der Waals surface area contributed by atoms with E-state index < -0.39 is 12.5 Å². The van der Waals surface area contributed by atoms with Gasteiger partial charge in [0.1, 0.15) is 11.5 Å². The van der Waals surface area contributed by atoms with Crippen LogP contribution in [0.25, 0.3) is 0 Å². The van der Waals surface area contributed by atoms with Gasteiger partial charge in [0.05, 0.1) is 12.6 Å². The number of nitrogens with zero attached hydrogens (tertiary/aromatic N) is 2. The number of aromatic nitrogens is 2. The van der Waals surface area contributed by atoms with Crippen LogP contribution in [0.3, 0.4) is 0 Å². The molecule has 0 saturated heterocycles. The number of halogens is 2. The number of hydrogen-bond donors (Lipinski definition) is 2. The summed E-state index contributed by atoms with van der Waals surface area (Å²) in [5, 5.41) is 12.7. The molecule has 0 radical (unpaired) electrons. The highest BCUT2D eigenvalue weighted by atomic mass is 32.2. The van der Waals surface area contributed by atoms with Crippen LogP contribution in [0.5, 0.6) is 0 Å². The first kappa shape index (κ1) is 15.7.